The molecule has 0 spiro atoms. The highest BCUT2D eigenvalue weighted by Gasteiger charge is 2.15. The lowest BCUT2D eigenvalue weighted by molar-refractivity contribution is 0.101. The molecule has 0 atom stereocenters. The summed E-state index contributed by atoms with van der Waals surface area (Å²) >= 11 is 11.8. The van der Waals surface area contributed by atoms with Gasteiger partial charge in [0.1, 0.15) is 0 Å². The molecule has 0 aliphatic heterocycles. The first-order chi connectivity index (χ1) is 11.0. The van der Waals surface area contributed by atoms with Crippen LogP contribution in [0.3, 0.4) is 0 Å². The van der Waals surface area contributed by atoms with Gasteiger partial charge in [0.15, 0.2) is 0 Å². The van der Waals surface area contributed by atoms with Crippen LogP contribution in [0.4, 0.5) is 5.69 Å². The Morgan fingerprint density at radius 3 is 2.52 bits per heavy atom. The molecule has 3 aromatic rings. The number of nitrogens with zero attached hydrogens (tertiary/aromatic N) is 2. The van der Waals surface area contributed by atoms with Gasteiger partial charge in [-0.15, -0.1) is 5.10 Å². The van der Waals surface area contributed by atoms with Gasteiger partial charge in [-0.25, -0.2) is 4.79 Å². The van der Waals surface area contributed by atoms with Crippen molar-refractivity contribution in [3.8, 4) is 5.69 Å². The Hall–Kier alpha value is -2.57. The summed E-state index contributed by atoms with van der Waals surface area (Å²) in [5.41, 5.74) is 0.448. The second-order valence-electron chi connectivity index (χ2n) is 4.61. The zero-order chi connectivity index (χ0) is 16.4. The van der Waals surface area contributed by atoms with Crippen LogP contribution in [0, 0.1) is 0 Å². The van der Waals surface area contributed by atoms with E-state index in [1.165, 1.54) is 6.07 Å². The fraction of sp³-hybridized carbons (Fsp3) is 0. The van der Waals surface area contributed by atoms with Crippen LogP contribution >= 0.6 is 23.2 Å². The average Bonchev–Trinajstić information content (AvgIpc) is 2.93. The van der Waals surface area contributed by atoms with Crippen molar-refractivity contribution >= 4 is 34.8 Å². The lowest BCUT2D eigenvalue weighted by Gasteiger charge is -2.02. The molecule has 2 aromatic carbocycles. The number of rotatable bonds is 3. The van der Waals surface area contributed by atoms with Gasteiger partial charge in [0.2, 0.25) is 5.82 Å². The van der Waals surface area contributed by atoms with Crippen LogP contribution in [0.5, 0.6) is 0 Å². The van der Waals surface area contributed by atoms with Gasteiger partial charge in [-0.3, -0.25) is 9.78 Å². The molecule has 2 N–H and O–H groups in total. The zero-order valence-electron chi connectivity index (χ0n) is 11.6. The molecule has 0 saturated heterocycles. The van der Waals surface area contributed by atoms with E-state index in [9.17, 15) is 9.59 Å². The Labute approximate surface area is 140 Å². The Bertz CT molecular complexity index is 919. The summed E-state index contributed by atoms with van der Waals surface area (Å²) in [4.78, 5) is 26.5. The molecule has 0 bridgehead atoms. The molecule has 1 aromatic heterocycles. The number of aromatic nitrogens is 3. The van der Waals surface area contributed by atoms with E-state index < -0.39 is 11.6 Å². The van der Waals surface area contributed by atoms with Gasteiger partial charge in [0.05, 0.1) is 15.7 Å². The predicted octanol–water partition coefficient (Wildman–Crippen LogP) is 3.12. The summed E-state index contributed by atoms with van der Waals surface area (Å²) in [5.74, 6) is -0.628. The SMILES string of the molecule is O=C(Nc1ccccc1)c1nn(-c2ccc(Cl)c(Cl)c2)c(=O)[nH]1. The molecular weight excluding hydrogens is 339 g/mol. The van der Waals surface area contributed by atoms with E-state index in [0.717, 1.165) is 4.68 Å². The minimum atomic E-state index is -0.554. The van der Waals surface area contributed by atoms with Crippen molar-refractivity contribution < 1.29 is 4.79 Å². The van der Waals surface area contributed by atoms with Gasteiger partial charge in [-0.1, -0.05) is 41.4 Å². The topological polar surface area (TPSA) is 79.8 Å². The monoisotopic (exact) mass is 348 g/mol. The summed E-state index contributed by atoms with van der Waals surface area (Å²) in [6.45, 7) is 0. The van der Waals surface area contributed by atoms with E-state index in [1.54, 1.807) is 36.4 Å². The number of carbonyl (C=O) groups excluding carboxylic acids is 1. The largest absolute Gasteiger partial charge is 0.348 e. The quantitative estimate of drug-likeness (QED) is 0.762. The third-order valence-electron chi connectivity index (χ3n) is 3.01. The third-order valence-corrected chi connectivity index (χ3v) is 3.75. The number of amides is 1. The molecule has 1 heterocycles. The number of nitrogens with one attached hydrogen (secondary N) is 2. The van der Waals surface area contributed by atoms with E-state index in [1.807, 2.05) is 6.07 Å². The van der Waals surface area contributed by atoms with Gasteiger partial charge < -0.3 is 5.32 Å². The number of anilines is 1. The van der Waals surface area contributed by atoms with Gasteiger partial charge >= 0.3 is 5.69 Å². The Morgan fingerprint density at radius 2 is 1.83 bits per heavy atom. The highest BCUT2D eigenvalue weighted by atomic mass is 35.5. The number of carbonyl (C=O) groups is 1. The minimum absolute atomic E-state index is 0.107. The molecule has 3 rings (SSSR count). The van der Waals surface area contributed by atoms with E-state index in [2.05, 4.69) is 15.4 Å². The maximum atomic E-state index is 12.1. The molecule has 0 radical (unpaired) electrons. The van der Waals surface area contributed by atoms with Gasteiger partial charge in [0.25, 0.3) is 5.91 Å². The molecule has 6 nitrogen and oxygen atoms in total. The number of aromatic amines is 1. The van der Waals surface area contributed by atoms with Crippen molar-refractivity contribution in [2.45, 2.75) is 0 Å². The first-order valence-electron chi connectivity index (χ1n) is 6.56. The molecule has 8 heteroatoms. The Kier molecular flexibility index (Phi) is 4.18. The summed E-state index contributed by atoms with van der Waals surface area (Å²) in [6, 6.07) is 13.5. The number of halogens is 2. The molecule has 0 aliphatic rings. The summed E-state index contributed by atoms with van der Waals surface area (Å²) in [5, 5.41) is 7.27. The maximum absolute atomic E-state index is 12.1. The molecular formula is C15H10Cl2N4O2. The van der Waals surface area contributed by atoms with Crippen molar-refractivity contribution in [3.05, 3.63) is 74.9 Å². The second-order valence-corrected chi connectivity index (χ2v) is 5.42. The number of hydrogen-bond acceptors (Lipinski definition) is 3. The lowest BCUT2D eigenvalue weighted by atomic mass is 10.3. The number of para-hydroxylation sites is 1. The average molecular weight is 349 g/mol. The molecule has 116 valence electrons. The summed E-state index contributed by atoms with van der Waals surface area (Å²) in [6.07, 6.45) is 0. The van der Waals surface area contributed by atoms with Crippen LogP contribution in [0.15, 0.2) is 53.3 Å². The fourth-order valence-corrected chi connectivity index (χ4v) is 2.22. The lowest BCUT2D eigenvalue weighted by Crippen LogP contribution is -2.16. The van der Waals surface area contributed by atoms with Crippen LogP contribution in [-0.2, 0) is 0 Å². The van der Waals surface area contributed by atoms with Crippen molar-refractivity contribution in [1.82, 2.24) is 14.8 Å². The second kappa shape index (κ2) is 6.28. The standard InChI is InChI=1S/C15H10Cl2N4O2/c16-11-7-6-10(8-12(11)17)21-15(23)19-13(20-21)14(22)18-9-4-2-1-3-5-9/h1-8H,(H,18,22)(H,19,20,23). The normalized spacial score (nSPS) is 10.5. The molecule has 1 amide bonds. The van der Waals surface area contributed by atoms with Crippen molar-refractivity contribution in [3.63, 3.8) is 0 Å². The molecule has 0 aliphatic carbocycles. The highest BCUT2D eigenvalue weighted by Crippen LogP contribution is 2.23. The number of hydrogen-bond donors (Lipinski definition) is 2. The smallest absolute Gasteiger partial charge is 0.319 e. The first-order valence-corrected chi connectivity index (χ1v) is 7.31. The van der Waals surface area contributed by atoms with Gasteiger partial charge in [-0.05, 0) is 30.3 Å². The molecule has 23 heavy (non-hydrogen) atoms. The Balaban J connectivity index is 1.90. The fourth-order valence-electron chi connectivity index (χ4n) is 1.93. The summed E-state index contributed by atoms with van der Waals surface area (Å²) in [7, 11) is 0. The van der Waals surface area contributed by atoms with E-state index in [4.69, 9.17) is 23.2 Å². The van der Waals surface area contributed by atoms with E-state index in [0.29, 0.717) is 16.4 Å². The van der Waals surface area contributed by atoms with Gasteiger partial charge in [0, 0.05) is 5.69 Å². The van der Waals surface area contributed by atoms with Crippen LogP contribution in [0.1, 0.15) is 10.6 Å². The predicted molar refractivity (Wildman–Crippen MR) is 88.6 cm³/mol. The molecule has 0 fully saturated rings. The Morgan fingerprint density at radius 1 is 1.09 bits per heavy atom. The van der Waals surface area contributed by atoms with Crippen LogP contribution in [-0.4, -0.2) is 20.7 Å². The van der Waals surface area contributed by atoms with Crippen LogP contribution < -0.4 is 11.0 Å². The van der Waals surface area contributed by atoms with E-state index in [-0.39, 0.29) is 10.8 Å². The molecule has 0 unspecified atom stereocenters. The number of H-pyrrole nitrogens is 1. The van der Waals surface area contributed by atoms with Crippen LogP contribution in [0.2, 0.25) is 10.0 Å². The van der Waals surface area contributed by atoms with Crippen molar-refractivity contribution in [1.29, 1.82) is 0 Å². The van der Waals surface area contributed by atoms with Crippen molar-refractivity contribution in [2.24, 2.45) is 0 Å². The van der Waals surface area contributed by atoms with Crippen molar-refractivity contribution in [2.75, 3.05) is 5.32 Å². The van der Waals surface area contributed by atoms with E-state index >= 15 is 0 Å². The minimum Gasteiger partial charge on any atom is -0.319 e. The highest BCUT2D eigenvalue weighted by molar-refractivity contribution is 6.42. The third kappa shape index (κ3) is 3.28. The zero-order valence-corrected chi connectivity index (χ0v) is 13.1. The van der Waals surface area contributed by atoms with Gasteiger partial charge in [-0.2, -0.15) is 4.68 Å². The van der Waals surface area contributed by atoms with Crippen LogP contribution in [0.25, 0.3) is 5.69 Å². The number of benzene rings is 2. The first kappa shape index (κ1) is 15.3. The summed E-state index contributed by atoms with van der Waals surface area (Å²) < 4.78 is 1.04. The molecule has 0 saturated carbocycles. The maximum Gasteiger partial charge on any atom is 0.348 e.